The molecule has 10 heteroatoms. The van der Waals surface area contributed by atoms with Gasteiger partial charge in [-0.1, -0.05) is 11.6 Å². The fourth-order valence-electron chi connectivity index (χ4n) is 4.65. The molecular formula is C19H23ClN2O7. The molecule has 9 nitrogen and oxygen atoms in total. The third-order valence-electron chi connectivity index (χ3n) is 5.74. The molecule has 3 N–H and O–H groups in total. The van der Waals surface area contributed by atoms with E-state index in [4.69, 9.17) is 16.3 Å². The Labute approximate surface area is 172 Å². The predicted molar refractivity (Wildman–Crippen MR) is 102 cm³/mol. The van der Waals surface area contributed by atoms with Crippen LogP contribution in [0.2, 0.25) is 5.15 Å². The molecule has 1 fully saturated rings. The molecule has 3 unspecified atom stereocenters. The molecule has 2 aliphatic heterocycles. The molecule has 158 valence electrons. The van der Waals surface area contributed by atoms with E-state index in [-0.39, 0.29) is 11.0 Å². The average Bonchev–Trinajstić information content (AvgIpc) is 2.92. The Morgan fingerprint density at radius 3 is 2.34 bits per heavy atom. The maximum absolute atomic E-state index is 13.2. The van der Waals surface area contributed by atoms with Crippen molar-refractivity contribution in [2.24, 2.45) is 0 Å². The van der Waals surface area contributed by atoms with E-state index in [0.29, 0.717) is 11.1 Å². The molecule has 1 amide bonds. The number of hydrogen-bond donors (Lipinski definition) is 3. The summed E-state index contributed by atoms with van der Waals surface area (Å²) in [6.07, 6.45) is -6.24. The van der Waals surface area contributed by atoms with E-state index in [1.54, 1.807) is 6.92 Å². The second-order valence-electron chi connectivity index (χ2n) is 7.58. The number of ether oxygens (including phenoxy) is 1. The Balaban J connectivity index is 2.37. The lowest BCUT2D eigenvalue weighted by atomic mass is 9.69. The highest BCUT2D eigenvalue weighted by Gasteiger charge is 2.67. The smallest absolute Gasteiger partial charge is 0.226 e. The summed E-state index contributed by atoms with van der Waals surface area (Å²) in [5, 5.41) is 30.8. The van der Waals surface area contributed by atoms with E-state index in [1.165, 1.54) is 26.8 Å². The summed E-state index contributed by atoms with van der Waals surface area (Å²) in [4.78, 5) is 44.0. The molecule has 3 rings (SSSR count). The maximum atomic E-state index is 13.2. The predicted octanol–water partition coefficient (Wildman–Crippen LogP) is -0.108. The van der Waals surface area contributed by atoms with Crippen molar-refractivity contribution < 1.29 is 34.4 Å². The van der Waals surface area contributed by atoms with Gasteiger partial charge in [0.05, 0.1) is 12.5 Å². The van der Waals surface area contributed by atoms with Crippen LogP contribution in [0, 0.1) is 6.92 Å². The first-order valence-electron chi connectivity index (χ1n) is 9.11. The molecule has 1 saturated heterocycles. The Morgan fingerprint density at radius 1 is 1.21 bits per heavy atom. The second-order valence-corrected chi connectivity index (χ2v) is 7.97. The highest BCUT2D eigenvalue weighted by Crippen LogP contribution is 2.53. The molecule has 1 aromatic heterocycles. The van der Waals surface area contributed by atoms with E-state index < -0.39 is 60.0 Å². The number of aliphatic hydroxyl groups is 3. The minimum atomic E-state index is -2.00. The van der Waals surface area contributed by atoms with Crippen molar-refractivity contribution in [2.75, 3.05) is 11.5 Å². The minimum Gasteiger partial charge on any atom is -0.388 e. The van der Waals surface area contributed by atoms with E-state index in [1.807, 2.05) is 0 Å². The largest absolute Gasteiger partial charge is 0.388 e. The molecule has 0 saturated carbocycles. The van der Waals surface area contributed by atoms with Crippen LogP contribution in [0.5, 0.6) is 0 Å². The van der Waals surface area contributed by atoms with Gasteiger partial charge in [0.2, 0.25) is 5.91 Å². The van der Waals surface area contributed by atoms with Gasteiger partial charge in [-0.3, -0.25) is 19.3 Å². The van der Waals surface area contributed by atoms with E-state index in [9.17, 15) is 29.7 Å². The van der Waals surface area contributed by atoms with Crippen molar-refractivity contribution >= 4 is 34.9 Å². The van der Waals surface area contributed by atoms with Gasteiger partial charge in [0.15, 0.2) is 5.78 Å². The number of hydrogen-bond acceptors (Lipinski definition) is 8. The molecule has 0 spiro atoms. The van der Waals surface area contributed by atoms with Crippen molar-refractivity contribution in [2.45, 2.75) is 63.6 Å². The molecule has 0 radical (unpaired) electrons. The zero-order chi connectivity index (χ0) is 21.8. The Morgan fingerprint density at radius 2 is 1.83 bits per heavy atom. The number of fused-ring (bicyclic) bond motifs is 1. The summed E-state index contributed by atoms with van der Waals surface area (Å²) in [7, 11) is 0. The zero-order valence-electron chi connectivity index (χ0n) is 16.4. The highest BCUT2D eigenvalue weighted by atomic mass is 35.5. The summed E-state index contributed by atoms with van der Waals surface area (Å²) in [6.45, 7) is 4.93. The number of carbonyl (C=O) groups excluding carboxylic acids is 3. The number of aryl methyl sites for hydroxylation is 1. The second kappa shape index (κ2) is 7.41. The monoisotopic (exact) mass is 426 g/mol. The molecule has 2 aliphatic rings. The number of anilines is 1. The number of pyridine rings is 1. The SMILES string of the molecule is CC(=O)C1c2c(C)cc(Cl)nc2N(C(C)=O)C1(C(C)=O)C1OC[C@@H](O)[C@@H](O)[C@@H]1O. The number of amides is 1. The van der Waals surface area contributed by atoms with Crippen LogP contribution in [0.15, 0.2) is 6.07 Å². The lowest BCUT2D eigenvalue weighted by Crippen LogP contribution is -2.72. The van der Waals surface area contributed by atoms with Gasteiger partial charge in [-0.25, -0.2) is 4.98 Å². The Hall–Kier alpha value is -1.91. The van der Waals surface area contributed by atoms with E-state index >= 15 is 0 Å². The van der Waals surface area contributed by atoms with Gasteiger partial charge >= 0.3 is 0 Å². The van der Waals surface area contributed by atoms with Gasteiger partial charge in [-0.15, -0.1) is 0 Å². The zero-order valence-corrected chi connectivity index (χ0v) is 17.2. The number of carbonyl (C=O) groups is 3. The normalized spacial score (nSPS) is 34.1. The Bertz CT molecular complexity index is 892. The molecule has 29 heavy (non-hydrogen) atoms. The standard InChI is InChI=1S/C19H23ClN2O7/c1-7-5-12(20)21-18-13(7)14(8(2)23)19(9(3)24,22(18)10(4)25)17-16(28)15(27)11(26)6-29-17/h5,11,14-17,26-28H,6H2,1-4H3/t11-,14?,15-,16+,17?,19?/m1/s1. The van der Waals surface area contributed by atoms with Crippen LogP contribution < -0.4 is 4.90 Å². The quantitative estimate of drug-likeness (QED) is 0.569. The molecule has 0 aliphatic carbocycles. The Kier molecular flexibility index (Phi) is 5.57. The summed E-state index contributed by atoms with van der Waals surface area (Å²) >= 11 is 6.08. The van der Waals surface area contributed by atoms with Crippen LogP contribution in [-0.2, 0) is 19.1 Å². The van der Waals surface area contributed by atoms with Crippen LogP contribution in [0.4, 0.5) is 5.82 Å². The van der Waals surface area contributed by atoms with Crippen LogP contribution in [0.3, 0.4) is 0 Å². The summed E-state index contributed by atoms with van der Waals surface area (Å²) in [5.41, 5.74) is -1.12. The van der Waals surface area contributed by atoms with Crippen molar-refractivity contribution in [3.63, 3.8) is 0 Å². The number of rotatable bonds is 3. The van der Waals surface area contributed by atoms with Crippen LogP contribution in [-0.4, -0.2) is 74.3 Å². The minimum absolute atomic E-state index is 0.0364. The first-order chi connectivity index (χ1) is 13.5. The number of nitrogens with zero attached hydrogens (tertiary/aromatic N) is 2. The van der Waals surface area contributed by atoms with E-state index in [2.05, 4.69) is 4.98 Å². The van der Waals surface area contributed by atoms with Crippen LogP contribution in [0.25, 0.3) is 0 Å². The summed E-state index contributed by atoms with van der Waals surface area (Å²) in [6, 6.07) is 1.52. The third-order valence-corrected chi connectivity index (χ3v) is 5.94. The highest BCUT2D eigenvalue weighted by molar-refractivity contribution is 6.29. The molecule has 3 heterocycles. The number of aliphatic hydroxyl groups excluding tert-OH is 3. The fraction of sp³-hybridized carbons (Fsp3) is 0.579. The fourth-order valence-corrected chi connectivity index (χ4v) is 4.89. The maximum Gasteiger partial charge on any atom is 0.226 e. The average molecular weight is 427 g/mol. The topological polar surface area (TPSA) is 137 Å². The lowest BCUT2D eigenvalue weighted by Gasteiger charge is -2.49. The third kappa shape index (κ3) is 3.00. The van der Waals surface area contributed by atoms with Gasteiger partial charge < -0.3 is 20.1 Å². The van der Waals surface area contributed by atoms with Crippen molar-refractivity contribution in [3.05, 3.63) is 22.3 Å². The van der Waals surface area contributed by atoms with Gasteiger partial charge in [-0.2, -0.15) is 0 Å². The van der Waals surface area contributed by atoms with E-state index in [0.717, 1.165) is 4.90 Å². The number of ketones is 2. The van der Waals surface area contributed by atoms with Gasteiger partial charge in [0.1, 0.15) is 46.7 Å². The van der Waals surface area contributed by atoms with Crippen molar-refractivity contribution in [3.8, 4) is 0 Å². The molecule has 6 atom stereocenters. The molecule has 0 bridgehead atoms. The van der Waals surface area contributed by atoms with Crippen molar-refractivity contribution in [1.82, 2.24) is 4.98 Å². The summed E-state index contributed by atoms with van der Waals surface area (Å²) < 4.78 is 5.60. The van der Waals surface area contributed by atoms with Crippen LogP contribution in [0.1, 0.15) is 37.8 Å². The number of halogens is 1. The lowest BCUT2D eigenvalue weighted by molar-refractivity contribution is -0.206. The van der Waals surface area contributed by atoms with Gasteiger partial charge in [0.25, 0.3) is 0 Å². The molecular weight excluding hydrogens is 404 g/mol. The molecule has 1 aromatic rings. The summed E-state index contributed by atoms with van der Waals surface area (Å²) in [5.74, 6) is -2.86. The van der Waals surface area contributed by atoms with Gasteiger partial charge in [-0.05, 0) is 32.4 Å². The number of Topliss-reactive ketones (excluding diaryl/α,β-unsaturated/α-hetero) is 2. The number of aromatic nitrogens is 1. The van der Waals surface area contributed by atoms with Crippen LogP contribution >= 0.6 is 11.6 Å². The van der Waals surface area contributed by atoms with Crippen molar-refractivity contribution in [1.29, 1.82) is 0 Å². The molecule has 0 aromatic carbocycles. The first kappa shape index (κ1) is 21.8. The van der Waals surface area contributed by atoms with Gasteiger partial charge in [0, 0.05) is 12.5 Å². The first-order valence-corrected chi connectivity index (χ1v) is 9.49.